The van der Waals surface area contributed by atoms with Crippen LogP contribution in [0.5, 0.6) is 0 Å². The fourth-order valence-electron chi connectivity index (χ4n) is 2.58. The first-order valence-electron chi connectivity index (χ1n) is 7.63. The van der Waals surface area contributed by atoms with Crippen molar-refractivity contribution in [3.8, 4) is 21.9 Å². The number of primary amides is 1. The lowest BCUT2D eigenvalue weighted by atomic mass is 10.1. The Morgan fingerprint density at radius 3 is 2.76 bits per heavy atom. The van der Waals surface area contributed by atoms with Crippen molar-refractivity contribution in [1.29, 1.82) is 0 Å². The van der Waals surface area contributed by atoms with Gasteiger partial charge in [-0.15, -0.1) is 11.3 Å². The first-order chi connectivity index (χ1) is 12.2. The van der Waals surface area contributed by atoms with Gasteiger partial charge in [0.15, 0.2) is 5.76 Å². The highest BCUT2D eigenvalue weighted by molar-refractivity contribution is 7.13. The molecular formula is C18H14N4O2S. The van der Waals surface area contributed by atoms with Crippen LogP contribution in [0.4, 0.5) is 0 Å². The number of benzene rings is 1. The van der Waals surface area contributed by atoms with E-state index in [4.69, 9.17) is 10.3 Å². The number of carbonyl (C=O) groups excluding carboxylic acids is 1. The number of nitrogens with two attached hydrogens (primary N) is 1. The second-order valence-electron chi connectivity index (χ2n) is 5.48. The van der Waals surface area contributed by atoms with Gasteiger partial charge in [0.05, 0.1) is 17.0 Å². The molecule has 0 bridgehead atoms. The summed E-state index contributed by atoms with van der Waals surface area (Å²) in [6.45, 7) is 0.391. The lowest BCUT2D eigenvalue weighted by Crippen LogP contribution is -2.11. The van der Waals surface area contributed by atoms with E-state index in [1.54, 1.807) is 22.2 Å². The summed E-state index contributed by atoms with van der Waals surface area (Å²) in [6.07, 6.45) is 1.64. The standard InChI is InChI=1S/C18H14N4O2S/c19-18(23)14-11-22(20-17(14)12-5-2-1-3-6-12)10-13-9-15(24-21-13)16-7-4-8-25-16/h1-9,11H,10H2,(H2,19,23). The Labute approximate surface area is 147 Å². The Bertz CT molecular complexity index is 1000. The van der Waals surface area contributed by atoms with Gasteiger partial charge in [-0.2, -0.15) is 5.10 Å². The normalized spacial score (nSPS) is 10.9. The SMILES string of the molecule is NC(=O)c1cn(Cc2cc(-c3cccs3)on2)nc1-c1ccccc1. The van der Waals surface area contributed by atoms with E-state index in [9.17, 15) is 4.79 Å². The second-order valence-corrected chi connectivity index (χ2v) is 6.43. The van der Waals surface area contributed by atoms with Crippen molar-refractivity contribution >= 4 is 17.2 Å². The van der Waals surface area contributed by atoms with E-state index >= 15 is 0 Å². The number of thiophene rings is 1. The quantitative estimate of drug-likeness (QED) is 0.597. The maximum absolute atomic E-state index is 11.8. The van der Waals surface area contributed by atoms with Crippen LogP contribution in [0.1, 0.15) is 16.1 Å². The van der Waals surface area contributed by atoms with Gasteiger partial charge in [0.2, 0.25) is 0 Å². The molecular weight excluding hydrogens is 336 g/mol. The van der Waals surface area contributed by atoms with E-state index in [-0.39, 0.29) is 0 Å². The molecule has 124 valence electrons. The minimum absolute atomic E-state index is 0.383. The molecule has 0 aliphatic heterocycles. The highest BCUT2D eigenvalue weighted by Crippen LogP contribution is 2.26. The summed E-state index contributed by atoms with van der Waals surface area (Å²) < 4.78 is 7.03. The molecule has 6 nitrogen and oxygen atoms in total. The highest BCUT2D eigenvalue weighted by atomic mass is 32.1. The summed E-state index contributed by atoms with van der Waals surface area (Å²) in [5.41, 5.74) is 8.02. The smallest absolute Gasteiger partial charge is 0.252 e. The van der Waals surface area contributed by atoms with E-state index in [2.05, 4.69) is 10.3 Å². The Morgan fingerprint density at radius 2 is 2.04 bits per heavy atom. The molecule has 0 saturated heterocycles. The molecule has 0 radical (unpaired) electrons. The molecule has 2 N–H and O–H groups in total. The van der Waals surface area contributed by atoms with Crippen LogP contribution in [0.15, 0.2) is 64.6 Å². The third kappa shape index (κ3) is 3.09. The maximum atomic E-state index is 11.8. The summed E-state index contributed by atoms with van der Waals surface area (Å²) in [4.78, 5) is 12.8. The Morgan fingerprint density at radius 1 is 1.20 bits per heavy atom. The zero-order valence-electron chi connectivity index (χ0n) is 13.1. The van der Waals surface area contributed by atoms with Crippen LogP contribution in [-0.4, -0.2) is 20.8 Å². The van der Waals surface area contributed by atoms with Gasteiger partial charge in [-0.3, -0.25) is 9.48 Å². The molecule has 0 aliphatic rings. The number of hydrogen-bond acceptors (Lipinski definition) is 5. The van der Waals surface area contributed by atoms with Gasteiger partial charge in [-0.05, 0) is 11.4 Å². The fourth-order valence-corrected chi connectivity index (χ4v) is 3.25. The predicted molar refractivity (Wildman–Crippen MR) is 95.1 cm³/mol. The van der Waals surface area contributed by atoms with E-state index < -0.39 is 5.91 Å². The first-order valence-corrected chi connectivity index (χ1v) is 8.51. The van der Waals surface area contributed by atoms with Crippen molar-refractivity contribution in [2.45, 2.75) is 6.54 Å². The molecule has 1 amide bonds. The van der Waals surface area contributed by atoms with Crippen molar-refractivity contribution in [3.05, 3.63) is 71.4 Å². The maximum Gasteiger partial charge on any atom is 0.252 e. The lowest BCUT2D eigenvalue weighted by molar-refractivity contribution is 0.100. The van der Waals surface area contributed by atoms with Gasteiger partial charge in [0.25, 0.3) is 5.91 Å². The summed E-state index contributed by atoms with van der Waals surface area (Å²) in [5, 5.41) is 10.6. The molecule has 0 atom stereocenters. The molecule has 4 aromatic rings. The van der Waals surface area contributed by atoms with Gasteiger partial charge < -0.3 is 10.3 Å². The fraction of sp³-hybridized carbons (Fsp3) is 0.0556. The molecule has 1 aromatic carbocycles. The topological polar surface area (TPSA) is 86.9 Å². The molecule has 4 rings (SSSR count). The number of aromatic nitrogens is 3. The molecule has 0 fully saturated rings. The Kier molecular flexibility index (Phi) is 3.91. The van der Waals surface area contributed by atoms with Gasteiger partial charge in [0, 0.05) is 17.8 Å². The van der Waals surface area contributed by atoms with Crippen LogP contribution >= 0.6 is 11.3 Å². The van der Waals surface area contributed by atoms with E-state index in [0.29, 0.717) is 17.8 Å². The Balaban J connectivity index is 1.64. The number of amides is 1. The summed E-state index contributed by atoms with van der Waals surface area (Å²) in [5.74, 6) is 0.208. The molecule has 0 saturated carbocycles. The van der Waals surface area contributed by atoms with Gasteiger partial charge in [-0.1, -0.05) is 41.6 Å². The molecule has 7 heteroatoms. The van der Waals surface area contributed by atoms with Crippen molar-refractivity contribution in [3.63, 3.8) is 0 Å². The highest BCUT2D eigenvalue weighted by Gasteiger charge is 2.16. The third-order valence-corrected chi connectivity index (χ3v) is 4.61. The first kappa shape index (κ1) is 15.3. The van der Waals surface area contributed by atoms with Crippen LogP contribution in [0.25, 0.3) is 21.9 Å². The van der Waals surface area contributed by atoms with Crippen LogP contribution < -0.4 is 5.73 Å². The number of nitrogens with zero attached hydrogens (tertiary/aromatic N) is 3. The van der Waals surface area contributed by atoms with Gasteiger partial charge in [0.1, 0.15) is 11.4 Å². The van der Waals surface area contributed by atoms with E-state index in [0.717, 1.165) is 21.9 Å². The Hall–Kier alpha value is -3.19. The zero-order valence-corrected chi connectivity index (χ0v) is 13.9. The summed E-state index contributed by atoms with van der Waals surface area (Å²) in [7, 11) is 0. The minimum Gasteiger partial charge on any atom is -0.365 e. The average Bonchev–Trinajstić information content (AvgIpc) is 3.36. The van der Waals surface area contributed by atoms with Crippen LogP contribution in [0.2, 0.25) is 0 Å². The predicted octanol–water partition coefficient (Wildman–Crippen LogP) is 3.41. The summed E-state index contributed by atoms with van der Waals surface area (Å²) >= 11 is 1.59. The number of carbonyl (C=O) groups is 1. The minimum atomic E-state index is -0.510. The van der Waals surface area contributed by atoms with E-state index in [1.165, 1.54) is 0 Å². The van der Waals surface area contributed by atoms with Crippen molar-refractivity contribution in [2.24, 2.45) is 5.73 Å². The molecule has 0 unspecified atom stereocenters. The van der Waals surface area contributed by atoms with Gasteiger partial charge >= 0.3 is 0 Å². The summed E-state index contributed by atoms with van der Waals surface area (Å²) in [6, 6.07) is 15.3. The molecule has 3 heterocycles. The zero-order chi connectivity index (χ0) is 17.2. The van der Waals surface area contributed by atoms with Crippen molar-refractivity contribution in [2.75, 3.05) is 0 Å². The average molecular weight is 350 g/mol. The molecule has 25 heavy (non-hydrogen) atoms. The second kappa shape index (κ2) is 6.37. The van der Waals surface area contributed by atoms with E-state index in [1.807, 2.05) is 53.9 Å². The van der Waals surface area contributed by atoms with Crippen molar-refractivity contribution in [1.82, 2.24) is 14.9 Å². The third-order valence-electron chi connectivity index (χ3n) is 3.72. The van der Waals surface area contributed by atoms with Gasteiger partial charge in [-0.25, -0.2) is 0 Å². The van der Waals surface area contributed by atoms with Crippen LogP contribution in [0.3, 0.4) is 0 Å². The largest absolute Gasteiger partial charge is 0.365 e. The van der Waals surface area contributed by atoms with Crippen LogP contribution in [0, 0.1) is 0 Å². The van der Waals surface area contributed by atoms with Crippen LogP contribution in [-0.2, 0) is 6.54 Å². The van der Waals surface area contributed by atoms with Crippen molar-refractivity contribution < 1.29 is 9.32 Å². The molecule has 0 aliphatic carbocycles. The molecule has 3 aromatic heterocycles. The number of rotatable bonds is 5. The lowest BCUT2D eigenvalue weighted by Gasteiger charge is -1.98. The monoisotopic (exact) mass is 350 g/mol. The number of hydrogen-bond donors (Lipinski definition) is 1. The molecule has 0 spiro atoms.